The number of aliphatic hydroxyl groups excluding tert-OH is 1. The summed E-state index contributed by atoms with van der Waals surface area (Å²) >= 11 is 0. The lowest BCUT2D eigenvalue weighted by molar-refractivity contribution is -0.0979. The fourth-order valence-corrected chi connectivity index (χ4v) is 6.02. The molecule has 2 aromatic carbocycles. The summed E-state index contributed by atoms with van der Waals surface area (Å²) in [4.78, 5) is 7.60. The van der Waals surface area contributed by atoms with Gasteiger partial charge < -0.3 is 25.8 Å². The van der Waals surface area contributed by atoms with Gasteiger partial charge in [0.2, 0.25) is 0 Å². The molecule has 0 radical (unpaired) electrons. The Morgan fingerprint density at radius 2 is 1.97 bits per heavy atom. The van der Waals surface area contributed by atoms with Crippen LogP contribution < -0.4 is 16.0 Å². The minimum absolute atomic E-state index is 0.0807. The standard InChI is InChI=1S/C24H30N4O4S/c25-13-24(15-32-16-24)14-26-20-10-22(27-23-18(12-29)5-3-6-19(20)23)28-8-9-33(30,31)21-7-2-1-4-17(21)11-28/h1-7,10,29-31H,8-9,11-16,25H2,(H,26,27). The number of benzene rings is 2. The molecule has 1 saturated heterocycles. The Kier molecular flexibility index (Phi) is 5.94. The first-order chi connectivity index (χ1) is 15.9. The molecule has 0 spiro atoms. The molecule has 8 nitrogen and oxygen atoms in total. The SMILES string of the molecule is NCC1(CNc2cc(N3CCS(O)(O)c4ccccc4C3)nc3c(CO)cccc23)COC1. The molecule has 9 heteroatoms. The molecule has 176 valence electrons. The molecule has 3 heterocycles. The largest absolute Gasteiger partial charge is 0.392 e. The van der Waals surface area contributed by atoms with E-state index >= 15 is 0 Å². The van der Waals surface area contributed by atoms with Gasteiger partial charge in [0.05, 0.1) is 36.0 Å². The maximum Gasteiger partial charge on any atom is 0.131 e. The van der Waals surface area contributed by atoms with Crippen molar-refractivity contribution in [1.29, 1.82) is 0 Å². The number of pyridine rings is 1. The van der Waals surface area contributed by atoms with Crippen LogP contribution in [0.3, 0.4) is 0 Å². The van der Waals surface area contributed by atoms with Gasteiger partial charge in [-0.15, -0.1) is 0 Å². The number of aliphatic hydroxyl groups is 1. The van der Waals surface area contributed by atoms with Crippen LogP contribution in [0.2, 0.25) is 0 Å². The third-order valence-electron chi connectivity index (χ3n) is 6.64. The molecule has 0 bridgehead atoms. The second-order valence-electron chi connectivity index (χ2n) is 8.95. The summed E-state index contributed by atoms with van der Waals surface area (Å²) in [6.45, 7) is 3.34. The van der Waals surface area contributed by atoms with Crippen LogP contribution >= 0.6 is 10.6 Å². The average molecular weight is 471 g/mol. The summed E-state index contributed by atoms with van der Waals surface area (Å²) in [6.07, 6.45) is 0. The first kappa shape index (κ1) is 22.4. The fraction of sp³-hybridized carbons (Fsp3) is 0.375. The number of para-hydroxylation sites is 1. The highest BCUT2D eigenvalue weighted by Gasteiger charge is 2.37. The monoisotopic (exact) mass is 470 g/mol. The third kappa shape index (κ3) is 4.16. The molecular weight excluding hydrogens is 440 g/mol. The number of aromatic nitrogens is 1. The van der Waals surface area contributed by atoms with Crippen molar-refractivity contribution >= 4 is 33.0 Å². The number of nitrogens with one attached hydrogen (secondary N) is 1. The van der Waals surface area contributed by atoms with Crippen molar-refractivity contribution in [2.24, 2.45) is 11.1 Å². The van der Waals surface area contributed by atoms with Gasteiger partial charge in [-0.1, -0.05) is 36.4 Å². The van der Waals surface area contributed by atoms with Gasteiger partial charge in [-0.2, -0.15) is 10.6 Å². The van der Waals surface area contributed by atoms with E-state index in [-0.39, 0.29) is 17.8 Å². The summed E-state index contributed by atoms with van der Waals surface area (Å²) in [7, 11) is -2.87. The van der Waals surface area contributed by atoms with Crippen LogP contribution in [-0.4, -0.2) is 57.8 Å². The first-order valence-electron chi connectivity index (χ1n) is 11.1. The molecule has 3 aromatic rings. The van der Waals surface area contributed by atoms with E-state index in [4.69, 9.17) is 15.5 Å². The van der Waals surface area contributed by atoms with Crippen LogP contribution in [0.5, 0.6) is 0 Å². The second kappa shape index (κ2) is 8.75. The molecule has 5 rings (SSSR count). The molecule has 2 aliphatic rings. The van der Waals surface area contributed by atoms with Crippen molar-refractivity contribution in [2.45, 2.75) is 18.0 Å². The van der Waals surface area contributed by atoms with Gasteiger partial charge in [-0.05, 0) is 11.6 Å². The van der Waals surface area contributed by atoms with E-state index < -0.39 is 10.6 Å². The number of ether oxygens (including phenoxy) is 1. The van der Waals surface area contributed by atoms with Crippen molar-refractivity contribution in [3.63, 3.8) is 0 Å². The minimum atomic E-state index is -2.87. The smallest absolute Gasteiger partial charge is 0.131 e. The van der Waals surface area contributed by atoms with Crippen molar-refractivity contribution in [3.05, 3.63) is 59.7 Å². The summed E-state index contributed by atoms with van der Waals surface area (Å²) in [5.74, 6) is 0.964. The Balaban J connectivity index is 1.55. The average Bonchev–Trinajstić information content (AvgIpc) is 2.94. The van der Waals surface area contributed by atoms with Gasteiger partial charge in [0.25, 0.3) is 0 Å². The lowest BCUT2D eigenvalue weighted by Gasteiger charge is -2.40. The van der Waals surface area contributed by atoms with E-state index in [0.717, 1.165) is 33.5 Å². The lowest BCUT2D eigenvalue weighted by Crippen LogP contribution is -2.52. The first-order valence-corrected chi connectivity index (χ1v) is 12.8. The Hall–Kier alpha value is -2.40. The molecule has 0 atom stereocenters. The molecule has 33 heavy (non-hydrogen) atoms. The number of fused-ring (bicyclic) bond motifs is 2. The van der Waals surface area contributed by atoms with Crippen LogP contribution in [0.1, 0.15) is 11.1 Å². The highest BCUT2D eigenvalue weighted by molar-refractivity contribution is 8.24. The Morgan fingerprint density at radius 3 is 2.70 bits per heavy atom. The van der Waals surface area contributed by atoms with Crippen molar-refractivity contribution < 1.29 is 18.9 Å². The summed E-state index contributed by atoms with van der Waals surface area (Å²) < 4.78 is 26.9. The quantitative estimate of drug-likeness (QED) is 0.372. The van der Waals surface area contributed by atoms with Crippen molar-refractivity contribution in [2.75, 3.05) is 48.8 Å². The predicted octanol–water partition coefficient (Wildman–Crippen LogP) is 3.24. The summed E-state index contributed by atoms with van der Waals surface area (Å²) in [5, 5.41) is 14.4. The molecule has 2 aliphatic heterocycles. The van der Waals surface area contributed by atoms with Crippen LogP contribution in [0.4, 0.5) is 11.5 Å². The highest BCUT2D eigenvalue weighted by atomic mass is 32.3. The number of hydrogen-bond acceptors (Lipinski definition) is 8. The molecule has 0 amide bonds. The third-order valence-corrected chi connectivity index (χ3v) is 8.49. The lowest BCUT2D eigenvalue weighted by atomic mass is 9.86. The predicted molar refractivity (Wildman–Crippen MR) is 132 cm³/mol. The molecule has 0 unspecified atom stereocenters. The van der Waals surface area contributed by atoms with Crippen molar-refractivity contribution in [3.8, 4) is 0 Å². The zero-order valence-corrected chi connectivity index (χ0v) is 19.2. The molecule has 1 aromatic heterocycles. The molecular formula is C24H30N4O4S. The minimum Gasteiger partial charge on any atom is -0.392 e. The molecule has 1 fully saturated rings. The number of anilines is 2. The van der Waals surface area contributed by atoms with E-state index in [1.54, 1.807) is 6.07 Å². The van der Waals surface area contributed by atoms with Gasteiger partial charge in [-0.3, -0.25) is 9.11 Å². The van der Waals surface area contributed by atoms with E-state index in [1.807, 2.05) is 42.5 Å². The Labute approximate surface area is 194 Å². The Bertz CT molecular complexity index is 1160. The number of rotatable bonds is 6. The summed E-state index contributed by atoms with van der Waals surface area (Å²) in [5.41, 5.74) is 9.20. The molecule has 6 N–H and O–H groups in total. The van der Waals surface area contributed by atoms with Gasteiger partial charge >= 0.3 is 0 Å². The number of nitrogens with zero attached hydrogens (tertiary/aromatic N) is 2. The van der Waals surface area contributed by atoms with E-state index in [0.29, 0.717) is 44.3 Å². The van der Waals surface area contributed by atoms with E-state index in [2.05, 4.69) is 10.2 Å². The van der Waals surface area contributed by atoms with E-state index in [1.165, 1.54) is 0 Å². The molecule has 0 aliphatic carbocycles. The zero-order valence-electron chi connectivity index (χ0n) is 18.4. The second-order valence-corrected chi connectivity index (χ2v) is 11.1. The summed E-state index contributed by atoms with van der Waals surface area (Å²) in [6, 6.07) is 15.3. The number of hydrogen-bond donors (Lipinski definition) is 5. The van der Waals surface area contributed by atoms with Crippen LogP contribution in [-0.2, 0) is 17.9 Å². The fourth-order valence-electron chi connectivity index (χ4n) is 4.48. The van der Waals surface area contributed by atoms with Gasteiger partial charge in [-0.25, -0.2) is 4.98 Å². The highest BCUT2D eigenvalue weighted by Crippen LogP contribution is 2.51. The topological polar surface area (TPSA) is 124 Å². The van der Waals surface area contributed by atoms with E-state index in [9.17, 15) is 14.2 Å². The van der Waals surface area contributed by atoms with Gasteiger partial charge in [0, 0.05) is 54.3 Å². The number of nitrogens with two attached hydrogens (primary N) is 1. The van der Waals surface area contributed by atoms with Gasteiger partial charge in [0.15, 0.2) is 0 Å². The zero-order chi connectivity index (χ0) is 23.1. The maximum absolute atomic E-state index is 10.7. The van der Waals surface area contributed by atoms with Crippen LogP contribution in [0, 0.1) is 5.41 Å². The van der Waals surface area contributed by atoms with Crippen molar-refractivity contribution in [1.82, 2.24) is 4.98 Å². The van der Waals surface area contributed by atoms with Gasteiger partial charge in [0.1, 0.15) is 5.82 Å². The maximum atomic E-state index is 10.7. The normalized spacial score (nSPS) is 19.9. The van der Waals surface area contributed by atoms with Crippen LogP contribution in [0.25, 0.3) is 10.9 Å². The molecule has 0 saturated carbocycles. The Morgan fingerprint density at radius 1 is 1.15 bits per heavy atom. The van der Waals surface area contributed by atoms with Crippen LogP contribution in [0.15, 0.2) is 53.4 Å².